The SMILES string of the molecule is CCN(Cc1ccccc1)CC(O)COC12CC3CC(CC(C3)C1)C2. The largest absolute Gasteiger partial charge is 0.389 e. The fraction of sp³-hybridized carbons (Fsp3) is 0.727. The topological polar surface area (TPSA) is 32.7 Å². The summed E-state index contributed by atoms with van der Waals surface area (Å²) in [6.45, 7) is 5.19. The summed E-state index contributed by atoms with van der Waals surface area (Å²) < 4.78 is 6.42. The lowest BCUT2D eigenvalue weighted by molar-refractivity contribution is -0.176. The molecule has 3 heteroatoms. The van der Waals surface area contributed by atoms with Crippen molar-refractivity contribution in [3.8, 4) is 0 Å². The molecule has 1 aromatic carbocycles. The molecule has 0 heterocycles. The Morgan fingerprint density at radius 2 is 1.68 bits per heavy atom. The second-order valence-electron chi connectivity index (χ2n) is 8.88. The summed E-state index contributed by atoms with van der Waals surface area (Å²) in [6.07, 6.45) is 7.65. The number of nitrogens with zero attached hydrogens (tertiary/aromatic N) is 1. The van der Waals surface area contributed by atoms with E-state index in [1.165, 1.54) is 44.1 Å². The van der Waals surface area contributed by atoms with Crippen LogP contribution in [0.1, 0.15) is 51.0 Å². The van der Waals surface area contributed by atoms with E-state index in [9.17, 15) is 5.11 Å². The highest BCUT2D eigenvalue weighted by molar-refractivity contribution is 5.14. The van der Waals surface area contributed by atoms with E-state index < -0.39 is 6.10 Å². The Labute approximate surface area is 152 Å². The van der Waals surface area contributed by atoms with E-state index in [0.717, 1.165) is 30.8 Å². The van der Waals surface area contributed by atoms with Crippen molar-refractivity contribution in [1.82, 2.24) is 4.90 Å². The molecular weight excluding hydrogens is 310 g/mol. The number of aliphatic hydroxyl groups excluding tert-OH is 1. The van der Waals surface area contributed by atoms with Gasteiger partial charge in [0.05, 0.1) is 18.3 Å². The van der Waals surface area contributed by atoms with Crippen LogP contribution in [-0.4, -0.2) is 41.4 Å². The zero-order valence-electron chi connectivity index (χ0n) is 15.6. The fourth-order valence-corrected chi connectivity index (χ4v) is 5.98. The predicted molar refractivity (Wildman–Crippen MR) is 100 cm³/mol. The standard InChI is InChI=1S/C22H33NO2/c1-2-23(14-17-6-4-3-5-7-17)15-21(24)16-25-22-11-18-8-19(12-22)10-20(9-18)13-22/h3-7,18-21,24H,2,8-16H2,1H3. The minimum Gasteiger partial charge on any atom is -0.389 e. The van der Waals surface area contributed by atoms with Gasteiger partial charge in [0.2, 0.25) is 0 Å². The lowest BCUT2D eigenvalue weighted by Crippen LogP contribution is -2.53. The molecule has 4 aliphatic rings. The van der Waals surface area contributed by atoms with Crippen molar-refractivity contribution >= 4 is 0 Å². The molecule has 4 bridgehead atoms. The zero-order chi connectivity index (χ0) is 17.3. The number of benzene rings is 1. The van der Waals surface area contributed by atoms with Crippen molar-refractivity contribution in [2.24, 2.45) is 17.8 Å². The Morgan fingerprint density at radius 1 is 1.08 bits per heavy atom. The summed E-state index contributed by atoms with van der Waals surface area (Å²) in [7, 11) is 0. The first-order chi connectivity index (χ1) is 12.1. The van der Waals surface area contributed by atoms with Gasteiger partial charge in [0, 0.05) is 13.1 Å². The Balaban J connectivity index is 1.28. The van der Waals surface area contributed by atoms with E-state index >= 15 is 0 Å². The average Bonchev–Trinajstić information content (AvgIpc) is 2.59. The van der Waals surface area contributed by atoms with Crippen LogP contribution in [0.2, 0.25) is 0 Å². The smallest absolute Gasteiger partial charge is 0.0900 e. The van der Waals surface area contributed by atoms with Crippen molar-refractivity contribution in [3.05, 3.63) is 35.9 Å². The van der Waals surface area contributed by atoms with E-state index in [-0.39, 0.29) is 5.60 Å². The third-order valence-corrected chi connectivity index (χ3v) is 6.73. The maximum Gasteiger partial charge on any atom is 0.0900 e. The molecule has 0 amide bonds. The van der Waals surface area contributed by atoms with E-state index in [0.29, 0.717) is 13.2 Å². The van der Waals surface area contributed by atoms with E-state index in [1.54, 1.807) is 0 Å². The number of ether oxygens (including phenoxy) is 1. The van der Waals surface area contributed by atoms with Gasteiger partial charge in [0.25, 0.3) is 0 Å². The summed E-state index contributed by atoms with van der Waals surface area (Å²) >= 11 is 0. The summed E-state index contributed by atoms with van der Waals surface area (Å²) in [6, 6.07) is 10.5. The average molecular weight is 344 g/mol. The molecule has 1 aromatic rings. The van der Waals surface area contributed by atoms with Crippen LogP contribution in [0.3, 0.4) is 0 Å². The highest BCUT2D eigenvalue weighted by Gasteiger charge is 2.51. The van der Waals surface area contributed by atoms with Crippen LogP contribution in [0.5, 0.6) is 0 Å². The molecule has 4 fully saturated rings. The quantitative estimate of drug-likeness (QED) is 0.778. The lowest BCUT2D eigenvalue weighted by atomic mass is 9.54. The molecule has 4 saturated carbocycles. The van der Waals surface area contributed by atoms with Crippen molar-refractivity contribution in [2.45, 2.75) is 63.7 Å². The molecule has 0 radical (unpaired) electrons. The summed E-state index contributed by atoms with van der Waals surface area (Å²) in [5, 5.41) is 10.6. The van der Waals surface area contributed by atoms with Crippen molar-refractivity contribution < 1.29 is 9.84 Å². The molecule has 25 heavy (non-hydrogen) atoms. The van der Waals surface area contributed by atoms with E-state index in [1.807, 2.05) is 6.07 Å². The fourth-order valence-electron chi connectivity index (χ4n) is 5.98. The molecule has 138 valence electrons. The Bertz CT molecular complexity index is 523. The zero-order valence-corrected chi connectivity index (χ0v) is 15.6. The highest BCUT2D eigenvalue weighted by Crippen LogP contribution is 2.57. The Morgan fingerprint density at radius 3 is 2.24 bits per heavy atom. The van der Waals surface area contributed by atoms with E-state index in [4.69, 9.17) is 4.74 Å². The molecule has 4 aliphatic carbocycles. The summed E-state index contributed by atoms with van der Waals surface area (Å²) in [4.78, 5) is 2.31. The van der Waals surface area contributed by atoms with Crippen LogP contribution in [0.15, 0.2) is 30.3 Å². The number of hydrogen-bond acceptors (Lipinski definition) is 3. The molecule has 0 saturated heterocycles. The van der Waals surface area contributed by atoms with Crippen LogP contribution in [-0.2, 0) is 11.3 Å². The van der Waals surface area contributed by atoms with Gasteiger partial charge in [-0.3, -0.25) is 4.90 Å². The number of rotatable bonds is 8. The minimum atomic E-state index is -0.392. The van der Waals surface area contributed by atoms with Gasteiger partial charge in [-0.15, -0.1) is 0 Å². The minimum absolute atomic E-state index is 0.103. The normalized spacial score (nSPS) is 34.6. The number of hydrogen-bond donors (Lipinski definition) is 1. The van der Waals surface area contributed by atoms with Gasteiger partial charge in [-0.05, 0) is 68.4 Å². The molecule has 0 aliphatic heterocycles. The third kappa shape index (κ3) is 4.10. The molecule has 1 unspecified atom stereocenters. The second kappa shape index (κ2) is 7.38. The number of likely N-dealkylation sites (N-methyl/N-ethyl adjacent to an activating group) is 1. The molecule has 0 spiro atoms. The second-order valence-corrected chi connectivity index (χ2v) is 8.88. The Hall–Kier alpha value is -0.900. The van der Waals surface area contributed by atoms with Crippen LogP contribution >= 0.6 is 0 Å². The van der Waals surface area contributed by atoms with Crippen LogP contribution < -0.4 is 0 Å². The summed E-state index contributed by atoms with van der Waals surface area (Å²) in [5.41, 5.74) is 1.41. The van der Waals surface area contributed by atoms with Crippen LogP contribution in [0, 0.1) is 17.8 Å². The Kier molecular flexibility index (Phi) is 5.17. The molecule has 1 atom stereocenters. The third-order valence-electron chi connectivity index (χ3n) is 6.73. The maximum absolute atomic E-state index is 10.6. The first-order valence-electron chi connectivity index (χ1n) is 10.2. The highest BCUT2D eigenvalue weighted by atomic mass is 16.5. The molecule has 1 N–H and O–H groups in total. The van der Waals surface area contributed by atoms with Gasteiger partial charge in [-0.25, -0.2) is 0 Å². The van der Waals surface area contributed by atoms with E-state index in [2.05, 4.69) is 36.1 Å². The van der Waals surface area contributed by atoms with Crippen LogP contribution in [0.25, 0.3) is 0 Å². The first kappa shape index (κ1) is 17.5. The maximum atomic E-state index is 10.6. The van der Waals surface area contributed by atoms with Gasteiger partial charge in [0.15, 0.2) is 0 Å². The molecule has 0 aromatic heterocycles. The van der Waals surface area contributed by atoms with Gasteiger partial charge in [-0.2, -0.15) is 0 Å². The monoisotopic (exact) mass is 343 g/mol. The van der Waals surface area contributed by atoms with Gasteiger partial charge < -0.3 is 9.84 Å². The number of aliphatic hydroxyl groups is 1. The van der Waals surface area contributed by atoms with Crippen LogP contribution in [0.4, 0.5) is 0 Å². The lowest BCUT2D eigenvalue weighted by Gasteiger charge is -2.56. The van der Waals surface area contributed by atoms with Gasteiger partial charge >= 0.3 is 0 Å². The molecular formula is C22H33NO2. The van der Waals surface area contributed by atoms with Crippen molar-refractivity contribution in [2.75, 3.05) is 19.7 Å². The van der Waals surface area contributed by atoms with Crippen molar-refractivity contribution in [3.63, 3.8) is 0 Å². The molecule has 5 rings (SSSR count). The predicted octanol–water partition coefficient (Wildman–Crippen LogP) is 3.85. The van der Waals surface area contributed by atoms with Crippen molar-refractivity contribution in [1.29, 1.82) is 0 Å². The van der Waals surface area contributed by atoms with Gasteiger partial charge in [-0.1, -0.05) is 37.3 Å². The first-order valence-corrected chi connectivity index (χ1v) is 10.2. The summed E-state index contributed by atoms with van der Waals surface area (Å²) in [5.74, 6) is 2.69. The molecule has 3 nitrogen and oxygen atoms in total. The van der Waals surface area contributed by atoms with Gasteiger partial charge in [0.1, 0.15) is 0 Å².